The molecule has 4 nitrogen and oxygen atoms in total. The lowest BCUT2D eigenvalue weighted by Gasteiger charge is -2.32. The second kappa shape index (κ2) is 5.91. The standard InChI is InChI=1S/C18H21BN2O2/c1-17(2)18(3,4)23-19(22-17)16-11-10-15(13-21-16)20-12-14-8-6-5-7-9-14/h5-13H,1-4H3. The van der Waals surface area contributed by atoms with Gasteiger partial charge in [0.25, 0.3) is 0 Å². The Morgan fingerprint density at radius 2 is 1.61 bits per heavy atom. The third-order valence-electron chi connectivity index (χ3n) is 4.43. The first-order chi connectivity index (χ1) is 10.9. The molecule has 0 N–H and O–H groups in total. The van der Waals surface area contributed by atoms with Crippen molar-refractivity contribution in [2.75, 3.05) is 0 Å². The van der Waals surface area contributed by atoms with Crippen LogP contribution in [0.2, 0.25) is 0 Å². The van der Waals surface area contributed by atoms with E-state index in [0.29, 0.717) is 0 Å². The Hall–Kier alpha value is -1.98. The molecular weight excluding hydrogens is 287 g/mol. The zero-order chi connectivity index (χ0) is 16.5. The summed E-state index contributed by atoms with van der Waals surface area (Å²) in [5.74, 6) is 0. The molecule has 5 heteroatoms. The van der Waals surface area contributed by atoms with E-state index < -0.39 is 7.12 Å². The molecule has 0 saturated carbocycles. The van der Waals surface area contributed by atoms with Crippen LogP contribution in [-0.4, -0.2) is 29.5 Å². The average Bonchev–Trinajstić information content (AvgIpc) is 2.75. The number of pyridine rings is 1. The van der Waals surface area contributed by atoms with Crippen LogP contribution in [0, 0.1) is 0 Å². The quantitative estimate of drug-likeness (QED) is 0.646. The van der Waals surface area contributed by atoms with Crippen LogP contribution >= 0.6 is 0 Å². The SMILES string of the molecule is CC1(C)OB(c2ccc(N=Cc3ccccc3)cn2)OC1(C)C. The number of hydrogen-bond acceptors (Lipinski definition) is 4. The zero-order valence-corrected chi connectivity index (χ0v) is 14.0. The van der Waals surface area contributed by atoms with E-state index in [0.717, 1.165) is 16.8 Å². The van der Waals surface area contributed by atoms with E-state index in [1.54, 1.807) is 6.20 Å². The maximum Gasteiger partial charge on any atom is 0.514 e. The molecule has 0 bridgehead atoms. The lowest BCUT2D eigenvalue weighted by molar-refractivity contribution is 0.00578. The fraction of sp³-hybridized carbons (Fsp3) is 0.333. The molecule has 1 aliphatic rings. The third-order valence-corrected chi connectivity index (χ3v) is 4.43. The van der Waals surface area contributed by atoms with Crippen molar-refractivity contribution in [3.8, 4) is 0 Å². The minimum Gasteiger partial charge on any atom is -0.398 e. The summed E-state index contributed by atoms with van der Waals surface area (Å²) >= 11 is 0. The molecule has 1 aromatic carbocycles. The fourth-order valence-corrected chi connectivity index (χ4v) is 2.27. The molecule has 1 saturated heterocycles. The van der Waals surface area contributed by atoms with Crippen molar-refractivity contribution < 1.29 is 9.31 Å². The van der Waals surface area contributed by atoms with E-state index in [1.165, 1.54) is 0 Å². The maximum absolute atomic E-state index is 6.00. The van der Waals surface area contributed by atoms with Gasteiger partial charge in [-0.05, 0) is 45.4 Å². The first-order valence-corrected chi connectivity index (χ1v) is 7.78. The van der Waals surface area contributed by atoms with E-state index in [9.17, 15) is 0 Å². The fourth-order valence-electron chi connectivity index (χ4n) is 2.27. The Kier molecular flexibility index (Phi) is 4.09. The summed E-state index contributed by atoms with van der Waals surface area (Å²) in [5.41, 5.74) is 1.91. The van der Waals surface area contributed by atoms with Crippen LogP contribution in [0.15, 0.2) is 53.7 Å². The molecule has 0 spiro atoms. The molecule has 0 unspecified atom stereocenters. The highest BCUT2D eigenvalue weighted by atomic mass is 16.7. The largest absolute Gasteiger partial charge is 0.514 e. The van der Waals surface area contributed by atoms with Crippen molar-refractivity contribution in [2.24, 2.45) is 4.99 Å². The molecule has 1 aromatic heterocycles. The van der Waals surface area contributed by atoms with Gasteiger partial charge in [-0.1, -0.05) is 30.3 Å². The molecule has 0 atom stereocenters. The monoisotopic (exact) mass is 308 g/mol. The predicted molar refractivity (Wildman–Crippen MR) is 93.6 cm³/mol. The van der Waals surface area contributed by atoms with Crippen molar-refractivity contribution in [3.05, 3.63) is 54.2 Å². The van der Waals surface area contributed by atoms with Gasteiger partial charge in [-0.25, -0.2) is 0 Å². The molecule has 0 aliphatic carbocycles. The lowest BCUT2D eigenvalue weighted by atomic mass is 9.84. The average molecular weight is 308 g/mol. The van der Waals surface area contributed by atoms with Crippen LogP contribution in [0.4, 0.5) is 5.69 Å². The Morgan fingerprint density at radius 1 is 0.957 bits per heavy atom. The molecule has 1 fully saturated rings. The van der Waals surface area contributed by atoms with Crippen molar-refractivity contribution in [3.63, 3.8) is 0 Å². The second-order valence-electron chi connectivity index (χ2n) is 6.70. The van der Waals surface area contributed by atoms with Gasteiger partial charge in [0, 0.05) is 6.21 Å². The Bertz CT molecular complexity index is 681. The van der Waals surface area contributed by atoms with Crippen LogP contribution in [-0.2, 0) is 9.31 Å². The van der Waals surface area contributed by atoms with E-state index in [-0.39, 0.29) is 11.2 Å². The zero-order valence-electron chi connectivity index (χ0n) is 14.0. The number of hydrogen-bond donors (Lipinski definition) is 0. The molecule has 1 aliphatic heterocycles. The minimum absolute atomic E-state index is 0.358. The van der Waals surface area contributed by atoms with E-state index in [4.69, 9.17) is 9.31 Å². The number of aliphatic imine (C=N–C) groups is 1. The summed E-state index contributed by atoms with van der Waals surface area (Å²) in [5, 5.41) is 0. The van der Waals surface area contributed by atoms with Gasteiger partial charge >= 0.3 is 7.12 Å². The van der Waals surface area contributed by atoms with Crippen LogP contribution in [0.1, 0.15) is 33.3 Å². The van der Waals surface area contributed by atoms with E-state index in [2.05, 4.69) is 9.98 Å². The molecule has 118 valence electrons. The van der Waals surface area contributed by atoms with Crippen LogP contribution in [0.3, 0.4) is 0 Å². The molecule has 2 heterocycles. The first kappa shape index (κ1) is 15.9. The Labute approximate surface area is 137 Å². The predicted octanol–water partition coefficient (Wildman–Crippen LogP) is 3.13. The number of nitrogens with zero attached hydrogens (tertiary/aromatic N) is 2. The number of rotatable bonds is 3. The maximum atomic E-state index is 6.00. The van der Waals surface area contributed by atoms with E-state index in [1.807, 2.05) is 76.4 Å². The lowest BCUT2D eigenvalue weighted by Crippen LogP contribution is -2.41. The summed E-state index contributed by atoms with van der Waals surface area (Å²) < 4.78 is 12.0. The van der Waals surface area contributed by atoms with Crippen molar-refractivity contribution in [1.29, 1.82) is 0 Å². The van der Waals surface area contributed by atoms with Crippen LogP contribution in [0.25, 0.3) is 0 Å². The van der Waals surface area contributed by atoms with Gasteiger partial charge < -0.3 is 9.31 Å². The molecule has 2 aromatic rings. The summed E-state index contributed by atoms with van der Waals surface area (Å²) in [6.45, 7) is 8.13. The highest BCUT2D eigenvalue weighted by molar-refractivity contribution is 6.61. The smallest absolute Gasteiger partial charge is 0.398 e. The molecule has 0 amide bonds. The summed E-state index contributed by atoms with van der Waals surface area (Å²) in [7, 11) is -0.438. The normalized spacial score (nSPS) is 19.4. The molecular formula is C18H21BN2O2. The highest BCUT2D eigenvalue weighted by Gasteiger charge is 2.52. The van der Waals surface area contributed by atoms with Gasteiger partial charge in [0.15, 0.2) is 0 Å². The molecule has 3 rings (SSSR count). The summed E-state index contributed by atoms with van der Waals surface area (Å²) in [6.07, 6.45) is 3.56. The van der Waals surface area contributed by atoms with Crippen LogP contribution < -0.4 is 5.59 Å². The van der Waals surface area contributed by atoms with Crippen molar-refractivity contribution >= 4 is 24.6 Å². The Morgan fingerprint density at radius 3 is 2.17 bits per heavy atom. The number of aromatic nitrogens is 1. The third kappa shape index (κ3) is 3.36. The van der Waals surface area contributed by atoms with Gasteiger partial charge in [0.1, 0.15) is 0 Å². The van der Waals surface area contributed by atoms with Gasteiger partial charge in [-0.3, -0.25) is 9.98 Å². The summed E-state index contributed by atoms with van der Waals surface area (Å²) in [4.78, 5) is 8.87. The second-order valence-corrected chi connectivity index (χ2v) is 6.70. The van der Waals surface area contributed by atoms with Crippen molar-refractivity contribution in [1.82, 2.24) is 4.98 Å². The van der Waals surface area contributed by atoms with Gasteiger partial charge in [0.2, 0.25) is 0 Å². The molecule has 0 radical (unpaired) electrons. The summed E-state index contributed by atoms with van der Waals surface area (Å²) in [6, 6.07) is 13.8. The van der Waals surface area contributed by atoms with Crippen molar-refractivity contribution in [2.45, 2.75) is 38.9 Å². The molecule has 23 heavy (non-hydrogen) atoms. The highest BCUT2D eigenvalue weighted by Crippen LogP contribution is 2.36. The van der Waals surface area contributed by atoms with Gasteiger partial charge in [-0.15, -0.1) is 0 Å². The van der Waals surface area contributed by atoms with Gasteiger partial charge in [0.05, 0.1) is 28.7 Å². The Balaban J connectivity index is 1.72. The first-order valence-electron chi connectivity index (χ1n) is 7.78. The minimum atomic E-state index is -0.438. The van der Waals surface area contributed by atoms with Crippen LogP contribution in [0.5, 0.6) is 0 Å². The number of benzene rings is 1. The van der Waals surface area contributed by atoms with Gasteiger partial charge in [-0.2, -0.15) is 0 Å². The topological polar surface area (TPSA) is 43.7 Å². The van der Waals surface area contributed by atoms with E-state index >= 15 is 0 Å².